The molecule has 11 heteroatoms. The van der Waals surface area contributed by atoms with Gasteiger partial charge in [0.1, 0.15) is 23.0 Å². The van der Waals surface area contributed by atoms with Gasteiger partial charge in [-0.15, -0.1) is 21.5 Å². The molecular formula is C26H16ClF2N5OS2. The minimum atomic E-state index is -0.387. The third kappa shape index (κ3) is 6.16. The molecule has 0 atom stereocenters. The number of carbonyl (C=O) groups excluding carboxylic acids is 1. The molecular weight excluding hydrogens is 536 g/mol. The van der Waals surface area contributed by atoms with Gasteiger partial charge < -0.3 is 5.32 Å². The predicted molar refractivity (Wildman–Crippen MR) is 143 cm³/mol. The lowest BCUT2D eigenvalue weighted by Gasteiger charge is -2.09. The first-order valence-electron chi connectivity index (χ1n) is 10.9. The smallest absolute Gasteiger partial charge is 0.236 e. The summed E-state index contributed by atoms with van der Waals surface area (Å²) in [4.78, 5) is 21.6. The monoisotopic (exact) mass is 551 g/mol. The van der Waals surface area contributed by atoms with Crippen molar-refractivity contribution in [3.63, 3.8) is 0 Å². The van der Waals surface area contributed by atoms with Crippen molar-refractivity contribution in [3.05, 3.63) is 94.8 Å². The number of carbonyl (C=O) groups is 1. The summed E-state index contributed by atoms with van der Waals surface area (Å²) < 4.78 is 26.9. The van der Waals surface area contributed by atoms with Crippen LogP contribution in [0.1, 0.15) is 0 Å². The van der Waals surface area contributed by atoms with Crippen LogP contribution in [-0.4, -0.2) is 31.8 Å². The van der Waals surface area contributed by atoms with Gasteiger partial charge in [0.25, 0.3) is 0 Å². The third-order valence-electron chi connectivity index (χ3n) is 5.13. The molecule has 1 amide bonds. The van der Waals surface area contributed by atoms with E-state index in [4.69, 9.17) is 11.6 Å². The second-order valence-electron chi connectivity index (χ2n) is 7.69. The van der Waals surface area contributed by atoms with E-state index in [1.165, 1.54) is 35.6 Å². The quantitative estimate of drug-likeness (QED) is 0.220. The molecule has 2 heterocycles. The lowest BCUT2D eigenvalue weighted by atomic mass is 10.0. The fraction of sp³-hybridized carbons (Fsp3) is 0.0385. The van der Waals surface area contributed by atoms with Gasteiger partial charge in [0.2, 0.25) is 11.1 Å². The molecule has 0 bridgehead atoms. The number of nitrogens with one attached hydrogen (secondary N) is 1. The van der Waals surface area contributed by atoms with E-state index in [0.29, 0.717) is 32.7 Å². The molecule has 0 unspecified atom stereocenters. The maximum atomic E-state index is 13.5. The molecule has 184 valence electrons. The number of benzene rings is 3. The Morgan fingerprint density at radius 3 is 2.05 bits per heavy atom. The van der Waals surface area contributed by atoms with Crippen LogP contribution in [0.2, 0.25) is 5.02 Å². The second kappa shape index (κ2) is 11.1. The van der Waals surface area contributed by atoms with Crippen LogP contribution in [0.25, 0.3) is 33.8 Å². The Kier molecular flexibility index (Phi) is 7.50. The summed E-state index contributed by atoms with van der Waals surface area (Å²) in [6.07, 6.45) is 0. The van der Waals surface area contributed by atoms with E-state index in [2.05, 4.69) is 25.5 Å². The summed E-state index contributed by atoms with van der Waals surface area (Å²) in [5.74, 6) is -1.03. The molecule has 0 spiro atoms. The number of hydrogen-bond donors (Lipinski definition) is 1. The van der Waals surface area contributed by atoms with Gasteiger partial charge >= 0.3 is 0 Å². The molecule has 5 aromatic rings. The van der Waals surface area contributed by atoms with Crippen molar-refractivity contribution in [1.82, 2.24) is 20.2 Å². The molecule has 0 aliphatic rings. The van der Waals surface area contributed by atoms with Crippen LogP contribution in [0.3, 0.4) is 0 Å². The van der Waals surface area contributed by atoms with Gasteiger partial charge in [-0.1, -0.05) is 35.5 Å². The number of nitrogens with zero attached hydrogens (tertiary/aromatic N) is 4. The summed E-state index contributed by atoms with van der Waals surface area (Å²) in [6.45, 7) is 0. The maximum absolute atomic E-state index is 13.5. The number of hydrogen-bond acceptors (Lipinski definition) is 7. The Morgan fingerprint density at radius 2 is 1.41 bits per heavy atom. The van der Waals surface area contributed by atoms with Crippen LogP contribution in [0.15, 0.2) is 83.3 Å². The minimum Gasteiger partial charge on any atom is -0.301 e. The Hall–Kier alpha value is -3.73. The van der Waals surface area contributed by atoms with Gasteiger partial charge in [0, 0.05) is 27.1 Å². The number of rotatable bonds is 7. The molecule has 2 aromatic heterocycles. The van der Waals surface area contributed by atoms with Gasteiger partial charge in [-0.3, -0.25) is 4.79 Å². The van der Waals surface area contributed by atoms with Crippen molar-refractivity contribution in [1.29, 1.82) is 0 Å². The predicted octanol–water partition coefficient (Wildman–Crippen LogP) is 6.99. The lowest BCUT2D eigenvalue weighted by Crippen LogP contribution is -2.14. The molecule has 1 N–H and O–H groups in total. The van der Waals surface area contributed by atoms with Crippen molar-refractivity contribution in [2.45, 2.75) is 5.16 Å². The number of halogens is 3. The second-order valence-corrected chi connectivity index (χ2v) is 9.92. The zero-order valence-corrected chi connectivity index (χ0v) is 21.2. The molecule has 0 aliphatic heterocycles. The third-order valence-corrected chi connectivity index (χ3v) is 6.97. The van der Waals surface area contributed by atoms with Crippen molar-refractivity contribution in [2.75, 3.05) is 11.1 Å². The Balaban J connectivity index is 1.31. The van der Waals surface area contributed by atoms with E-state index in [9.17, 15) is 13.6 Å². The van der Waals surface area contributed by atoms with Crippen molar-refractivity contribution in [3.8, 4) is 33.8 Å². The highest BCUT2D eigenvalue weighted by Crippen LogP contribution is 2.31. The highest BCUT2D eigenvalue weighted by molar-refractivity contribution is 7.99. The summed E-state index contributed by atoms with van der Waals surface area (Å²) in [5.41, 5.74) is 3.70. The Bertz CT molecular complexity index is 1550. The van der Waals surface area contributed by atoms with Gasteiger partial charge in [-0.05, 0) is 60.7 Å². The van der Waals surface area contributed by atoms with Crippen molar-refractivity contribution >= 4 is 45.7 Å². The molecule has 3 aromatic carbocycles. The number of amides is 1. The molecule has 6 nitrogen and oxygen atoms in total. The lowest BCUT2D eigenvalue weighted by molar-refractivity contribution is -0.113. The SMILES string of the molecule is O=C(CSc1nnc(-c2ccc(F)cc2)c(-c2ccc(F)cc2)n1)Nc1nc(-c2ccc(Cl)cc2)cs1. The van der Waals surface area contributed by atoms with Crippen LogP contribution < -0.4 is 5.32 Å². The number of thiazole rings is 1. The zero-order chi connectivity index (χ0) is 25.8. The average molecular weight is 552 g/mol. The minimum absolute atomic E-state index is 0.0241. The topological polar surface area (TPSA) is 80.7 Å². The number of thioether (sulfide) groups is 1. The van der Waals surface area contributed by atoms with Crippen LogP contribution >= 0.6 is 34.7 Å². The Labute approximate surface area is 223 Å². The zero-order valence-electron chi connectivity index (χ0n) is 18.9. The van der Waals surface area contributed by atoms with Crippen LogP contribution in [0, 0.1) is 11.6 Å². The largest absolute Gasteiger partial charge is 0.301 e. The summed E-state index contributed by atoms with van der Waals surface area (Å²) in [7, 11) is 0. The average Bonchev–Trinajstić information content (AvgIpc) is 3.37. The maximum Gasteiger partial charge on any atom is 0.236 e. The molecule has 0 fully saturated rings. The molecule has 37 heavy (non-hydrogen) atoms. The van der Waals surface area contributed by atoms with E-state index in [0.717, 1.165) is 23.0 Å². The normalized spacial score (nSPS) is 10.9. The van der Waals surface area contributed by atoms with E-state index in [1.54, 1.807) is 36.4 Å². The van der Waals surface area contributed by atoms with Crippen molar-refractivity contribution in [2.24, 2.45) is 0 Å². The fourth-order valence-electron chi connectivity index (χ4n) is 3.35. The highest BCUT2D eigenvalue weighted by atomic mass is 35.5. The van der Waals surface area contributed by atoms with Crippen LogP contribution in [0.4, 0.5) is 13.9 Å². The molecule has 0 saturated carbocycles. The van der Waals surface area contributed by atoms with Gasteiger partial charge in [-0.2, -0.15) is 0 Å². The summed E-state index contributed by atoms with van der Waals surface area (Å²) in [5, 5.41) is 14.4. The number of anilines is 1. The molecule has 0 radical (unpaired) electrons. The highest BCUT2D eigenvalue weighted by Gasteiger charge is 2.16. The first kappa shape index (κ1) is 24.9. The first-order chi connectivity index (χ1) is 17.9. The standard InChI is InChI=1S/C26H16ClF2N5OS2/c27-18-7-1-15(2-8-18)21-13-36-25(30-21)31-22(35)14-37-26-32-23(16-3-9-19(28)10-4-16)24(33-34-26)17-5-11-20(29)12-6-17/h1-13H,14H2,(H,30,31,35). The Morgan fingerprint density at radius 1 is 0.811 bits per heavy atom. The summed E-state index contributed by atoms with van der Waals surface area (Å²) >= 11 is 8.35. The van der Waals surface area contributed by atoms with Crippen LogP contribution in [-0.2, 0) is 4.79 Å². The van der Waals surface area contributed by atoms with Gasteiger partial charge in [-0.25, -0.2) is 18.7 Å². The van der Waals surface area contributed by atoms with E-state index in [1.807, 2.05) is 17.5 Å². The first-order valence-corrected chi connectivity index (χ1v) is 13.1. The molecule has 5 rings (SSSR count). The number of aromatic nitrogens is 4. The van der Waals surface area contributed by atoms with E-state index >= 15 is 0 Å². The fourth-order valence-corrected chi connectivity index (χ4v) is 4.80. The molecule has 0 saturated heterocycles. The molecule has 0 aliphatic carbocycles. The summed E-state index contributed by atoms with van der Waals surface area (Å²) in [6, 6.07) is 18.8. The van der Waals surface area contributed by atoms with Gasteiger partial charge in [0.05, 0.1) is 11.4 Å². The van der Waals surface area contributed by atoms with Crippen LogP contribution in [0.5, 0.6) is 0 Å². The van der Waals surface area contributed by atoms with Gasteiger partial charge in [0.15, 0.2) is 5.13 Å². The van der Waals surface area contributed by atoms with Crippen molar-refractivity contribution < 1.29 is 13.6 Å². The van der Waals surface area contributed by atoms with E-state index < -0.39 is 0 Å². The van der Waals surface area contributed by atoms with E-state index in [-0.39, 0.29) is 28.5 Å².